The summed E-state index contributed by atoms with van der Waals surface area (Å²) in [5.41, 5.74) is -0.520. The smallest absolute Gasteiger partial charge is 0.159 e. The van der Waals surface area contributed by atoms with E-state index in [2.05, 4.69) is 0 Å². The van der Waals surface area contributed by atoms with Gasteiger partial charge < -0.3 is 9.84 Å². The maximum atomic E-state index is 14.3. The Hall–Kier alpha value is -0.930. The van der Waals surface area contributed by atoms with Crippen molar-refractivity contribution in [2.24, 2.45) is 0 Å². The highest BCUT2D eigenvalue weighted by atomic mass is 19.1. The van der Waals surface area contributed by atoms with Crippen LogP contribution in [0.2, 0.25) is 0 Å². The lowest BCUT2D eigenvalue weighted by atomic mass is 9.84. The number of benzene rings is 1. The van der Waals surface area contributed by atoms with E-state index < -0.39 is 11.8 Å². The molecule has 1 aromatic rings. The van der Waals surface area contributed by atoms with Crippen LogP contribution in [0.3, 0.4) is 0 Å². The van der Waals surface area contributed by atoms with E-state index in [9.17, 15) is 9.50 Å². The van der Waals surface area contributed by atoms with Crippen LogP contribution < -0.4 is 0 Å². The second-order valence-corrected chi connectivity index (χ2v) is 4.77. The molecule has 0 aliphatic heterocycles. The lowest BCUT2D eigenvalue weighted by Gasteiger charge is -2.34. The Morgan fingerprint density at radius 3 is 2.76 bits per heavy atom. The maximum Gasteiger partial charge on any atom is 0.159 e. The van der Waals surface area contributed by atoms with Gasteiger partial charge in [-0.05, 0) is 24.8 Å². The van der Waals surface area contributed by atoms with Crippen molar-refractivity contribution in [1.82, 2.24) is 0 Å². The largest absolute Gasteiger partial charge is 0.390 e. The molecular formula is C14H19FO2. The standard InChI is InChI=1S/C14H19FO2/c15-14(9-5-4-8-13(14)16)11-17-10-12-6-2-1-3-7-12/h1-3,6-7,13,16H,4-5,8-11H2/t13-,14-/m0/s1. The average Bonchev–Trinajstić information content (AvgIpc) is 2.35. The zero-order chi connectivity index (χ0) is 12.1. The van der Waals surface area contributed by atoms with Crippen LogP contribution >= 0.6 is 0 Å². The molecule has 0 amide bonds. The lowest BCUT2D eigenvalue weighted by Crippen LogP contribution is -2.44. The molecule has 1 saturated carbocycles. The van der Waals surface area contributed by atoms with Gasteiger partial charge in [0.25, 0.3) is 0 Å². The van der Waals surface area contributed by atoms with Gasteiger partial charge >= 0.3 is 0 Å². The number of hydrogen-bond donors (Lipinski definition) is 1. The topological polar surface area (TPSA) is 29.5 Å². The van der Waals surface area contributed by atoms with Gasteiger partial charge in [0.2, 0.25) is 0 Å². The summed E-state index contributed by atoms with van der Waals surface area (Å²) in [5.74, 6) is 0. The van der Waals surface area contributed by atoms with Crippen molar-refractivity contribution in [2.45, 2.75) is 44.1 Å². The van der Waals surface area contributed by atoms with E-state index in [4.69, 9.17) is 4.74 Å². The molecule has 1 aliphatic carbocycles. The molecule has 2 rings (SSSR count). The number of rotatable bonds is 4. The molecule has 1 aromatic carbocycles. The quantitative estimate of drug-likeness (QED) is 0.874. The van der Waals surface area contributed by atoms with Crippen molar-refractivity contribution in [3.63, 3.8) is 0 Å². The SMILES string of the molecule is O[C@H]1CCCC[C@]1(F)COCc1ccccc1. The highest BCUT2D eigenvalue weighted by molar-refractivity contribution is 5.13. The fourth-order valence-corrected chi connectivity index (χ4v) is 2.26. The Labute approximate surface area is 101 Å². The zero-order valence-electron chi connectivity index (χ0n) is 9.94. The van der Waals surface area contributed by atoms with Crippen LogP contribution in [-0.4, -0.2) is 23.5 Å². The Morgan fingerprint density at radius 1 is 1.29 bits per heavy atom. The molecule has 0 aromatic heterocycles. The molecule has 17 heavy (non-hydrogen) atoms. The lowest BCUT2D eigenvalue weighted by molar-refractivity contribution is -0.0925. The predicted molar refractivity (Wildman–Crippen MR) is 64.4 cm³/mol. The third kappa shape index (κ3) is 3.27. The summed E-state index contributed by atoms with van der Waals surface area (Å²) in [4.78, 5) is 0. The van der Waals surface area contributed by atoms with Gasteiger partial charge in [-0.15, -0.1) is 0 Å². The minimum Gasteiger partial charge on any atom is -0.390 e. The maximum absolute atomic E-state index is 14.3. The first kappa shape index (κ1) is 12.5. The first-order valence-electron chi connectivity index (χ1n) is 6.19. The van der Waals surface area contributed by atoms with E-state index in [0.29, 0.717) is 19.4 Å². The van der Waals surface area contributed by atoms with Crippen LogP contribution in [0.15, 0.2) is 30.3 Å². The number of hydrogen-bond acceptors (Lipinski definition) is 2. The highest BCUT2D eigenvalue weighted by Gasteiger charge is 2.40. The van der Waals surface area contributed by atoms with Crippen LogP contribution in [0.1, 0.15) is 31.2 Å². The molecule has 0 saturated heterocycles. The summed E-state index contributed by atoms with van der Waals surface area (Å²) in [5, 5.41) is 9.67. The fourth-order valence-electron chi connectivity index (χ4n) is 2.26. The molecule has 0 bridgehead atoms. The van der Waals surface area contributed by atoms with Gasteiger partial charge in [0.1, 0.15) is 0 Å². The van der Waals surface area contributed by atoms with Crippen LogP contribution in [-0.2, 0) is 11.3 Å². The number of alkyl halides is 1. The summed E-state index contributed by atoms with van der Waals surface area (Å²) in [6.45, 7) is 0.391. The van der Waals surface area contributed by atoms with E-state index in [0.717, 1.165) is 18.4 Å². The molecule has 1 fully saturated rings. The van der Waals surface area contributed by atoms with E-state index >= 15 is 0 Å². The molecule has 2 nitrogen and oxygen atoms in total. The minimum atomic E-state index is -1.55. The Balaban J connectivity index is 1.81. The molecule has 0 spiro atoms. The second-order valence-electron chi connectivity index (χ2n) is 4.77. The summed E-state index contributed by atoms with van der Waals surface area (Å²) in [6, 6.07) is 9.69. The van der Waals surface area contributed by atoms with Gasteiger partial charge in [0.05, 0.1) is 19.3 Å². The highest BCUT2D eigenvalue weighted by Crippen LogP contribution is 2.32. The van der Waals surface area contributed by atoms with Crippen LogP contribution in [0.4, 0.5) is 4.39 Å². The van der Waals surface area contributed by atoms with Gasteiger partial charge in [-0.25, -0.2) is 4.39 Å². The van der Waals surface area contributed by atoms with Gasteiger partial charge in [-0.2, -0.15) is 0 Å². The fraction of sp³-hybridized carbons (Fsp3) is 0.571. The number of ether oxygens (including phenoxy) is 1. The Bertz CT molecular complexity index is 341. The number of aliphatic hydroxyl groups is 1. The molecule has 2 atom stereocenters. The Kier molecular flexibility index (Phi) is 4.13. The Morgan fingerprint density at radius 2 is 2.06 bits per heavy atom. The molecule has 0 heterocycles. The van der Waals surface area contributed by atoms with Crippen molar-refractivity contribution in [1.29, 1.82) is 0 Å². The molecule has 1 aliphatic rings. The van der Waals surface area contributed by atoms with Crippen LogP contribution in [0.25, 0.3) is 0 Å². The summed E-state index contributed by atoms with van der Waals surface area (Å²) in [6.07, 6.45) is 1.83. The molecule has 3 heteroatoms. The molecule has 0 unspecified atom stereocenters. The van der Waals surface area contributed by atoms with E-state index in [1.165, 1.54) is 0 Å². The van der Waals surface area contributed by atoms with E-state index in [-0.39, 0.29) is 6.61 Å². The van der Waals surface area contributed by atoms with Gasteiger partial charge in [-0.3, -0.25) is 0 Å². The van der Waals surface area contributed by atoms with Gasteiger partial charge in [0.15, 0.2) is 5.67 Å². The molecule has 0 radical (unpaired) electrons. The van der Waals surface area contributed by atoms with Crippen molar-refractivity contribution in [2.75, 3.05) is 6.61 Å². The van der Waals surface area contributed by atoms with Crippen molar-refractivity contribution in [3.05, 3.63) is 35.9 Å². The molecule has 94 valence electrons. The monoisotopic (exact) mass is 238 g/mol. The summed E-state index contributed by atoms with van der Waals surface area (Å²) in [7, 11) is 0. The van der Waals surface area contributed by atoms with Crippen LogP contribution in [0.5, 0.6) is 0 Å². The normalized spacial score (nSPS) is 29.2. The minimum absolute atomic E-state index is 0.0109. The molecule has 1 N–H and O–H groups in total. The van der Waals surface area contributed by atoms with Crippen molar-refractivity contribution in [3.8, 4) is 0 Å². The second kappa shape index (κ2) is 5.61. The van der Waals surface area contributed by atoms with Gasteiger partial charge in [0, 0.05) is 0 Å². The zero-order valence-corrected chi connectivity index (χ0v) is 9.94. The number of halogens is 1. The van der Waals surface area contributed by atoms with Crippen LogP contribution in [0, 0.1) is 0 Å². The summed E-state index contributed by atoms with van der Waals surface area (Å²) >= 11 is 0. The van der Waals surface area contributed by atoms with E-state index in [1.807, 2.05) is 30.3 Å². The third-order valence-corrected chi connectivity index (χ3v) is 3.37. The third-order valence-electron chi connectivity index (χ3n) is 3.37. The summed E-state index contributed by atoms with van der Waals surface area (Å²) < 4.78 is 19.7. The predicted octanol–water partition coefficient (Wildman–Crippen LogP) is 2.85. The van der Waals surface area contributed by atoms with Gasteiger partial charge in [-0.1, -0.05) is 36.8 Å². The molecular weight excluding hydrogens is 219 g/mol. The first-order chi connectivity index (χ1) is 8.21. The first-order valence-corrected chi connectivity index (χ1v) is 6.19. The van der Waals surface area contributed by atoms with Crippen molar-refractivity contribution >= 4 is 0 Å². The van der Waals surface area contributed by atoms with E-state index in [1.54, 1.807) is 0 Å². The average molecular weight is 238 g/mol. The number of aliphatic hydroxyl groups excluding tert-OH is 1. The van der Waals surface area contributed by atoms with Crippen molar-refractivity contribution < 1.29 is 14.2 Å².